The van der Waals surface area contributed by atoms with E-state index in [9.17, 15) is 8.78 Å². The molecule has 0 aliphatic heterocycles. The Balaban J connectivity index is 1.69. The van der Waals surface area contributed by atoms with Gasteiger partial charge >= 0.3 is 0 Å². The van der Waals surface area contributed by atoms with Gasteiger partial charge in [0.15, 0.2) is 5.96 Å². The summed E-state index contributed by atoms with van der Waals surface area (Å²) < 4.78 is 32.6. The molecule has 0 bridgehead atoms. The number of guanidine groups is 1. The van der Waals surface area contributed by atoms with Crippen LogP contribution in [0.2, 0.25) is 0 Å². The molecule has 24 heavy (non-hydrogen) atoms. The third-order valence-corrected chi connectivity index (χ3v) is 3.36. The standard InChI is InChI=1S/C18H21F2N3O/c1-21-18(23-12-13-24-14-6-3-2-4-7-14)22-11-10-15-16(19)8-5-9-17(15)20/h2-9H,10-13H2,1H3,(H2,21,22,23). The number of ether oxygens (including phenoxy) is 1. The van der Waals surface area contributed by atoms with Gasteiger partial charge in [-0.3, -0.25) is 4.99 Å². The molecule has 6 heteroatoms. The van der Waals surface area contributed by atoms with Crippen LogP contribution in [0, 0.1) is 11.6 Å². The third-order valence-electron chi connectivity index (χ3n) is 3.36. The summed E-state index contributed by atoms with van der Waals surface area (Å²) in [6, 6.07) is 13.4. The van der Waals surface area contributed by atoms with Crippen LogP contribution in [-0.4, -0.2) is 32.7 Å². The number of rotatable bonds is 7. The van der Waals surface area contributed by atoms with Crippen LogP contribution in [0.4, 0.5) is 8.78 Å². The van der Waals surface area contributed by atoms with Crippen molar-refractivity contribution in [1.82, 2.24) is 10.6 Å². The van der Waals surface area contributed by atoms with Gasteiger partial charge in [0.1, 0.15) is 24.0 Å². The van der Waals surface area contributed by atoms with E-state index in [2.05, 4.69) is 15.6 Å². The number of nitrogens with one attached hydrogen (secondary N) is 2. The SMILES string of the molecule is CN=C(NCCOc1ccccc1)NCCc1c(F)cccc1F. The van der Waals surface area contributed by atoms with Gasteiger partial charge in [-0.25, -0.2) is 8.78 Å². The van der Waals surface area contributed by atoms with Crippen molar-refractivity contribution in [1.29, 1.82) is 0 Å². The Morgan fingerprint density at radius 3 is 2.29 bits per heavy atom. The number of aliphatic imine (C=N–C) groups is 1. The number of hydrogen-bond acceptors (Lipinski definition) is 2. The fourth-order valence-corrected chi connectivity index (χ4v) is 2.15. The summed E-state index contributed by atoms with van der Waals surface area (Å²) in [5.41, 5.74) is 0.0767. The Hall–Kier alpha value is -2.63. The van der Waals surface area contributed by atoms with E-state index in [0.29, 0.717) is 25.7 Å². The van der Waals surface area contributed by atoms with Crippen molar-refractivity contribution in [3.8, 4) is 5.75 Å². The van der Waals surface area contributed by atoms with E-state index in [-0.39, 0.29) is 12.0 Å². The Morgan fingerprint density at radius 2 is 1.62 bits per heavy atom. The van der Waals surface area contributed by atoms with Crippen molar-refractivity contribution < 1.29 is 13.5 Å². The summed E-state index contributed by atoms with van der Waals surface area (Å²) in [5.74, 6) is 0.299. The largest absolute Gasteiger partial charge is 0.492 e. The van der Waals surface area contributed by atoms with Crippen LogP contribution in [0.15, 0.2) is 53.5 Å². The molecule has 128 valence electrons. The van der Waals surface area contributed by atoms with Crippen molar-refractivity contribution in [2.24, 2.45) is 4.99 Å². The molecule has 0 atom stereocenters. The summed E-state index contributed by atoms with van der Waals surface area (Å²) in [6.45, 7) is 1.41. The molecule has 0 aliphatic rings. The molecule has 2 aromatic rings. The quantitative estimate of drug-likeness (QED) is 0.465. The van der Waals surface area contributed by atoms with E-state index >= 15 is 0 Å². The first-order valence-corrected chi connectivity index (χ1v) is 7.76. The summed E-state index contributed by atoms with van der Waals surface area (Å²) in [7, 11) is 1.64. The predicted molar refractivity (Wildman–Crippen MR) is 91.4 cm³/mol. The lowest BCUT2D eigenvalue weighted by Crippen LogP contribution is -2.40. The monoisotopic (exact) mass is 333 g/mol. The highest BCUT2D eigenvalue weighted by atomic mass is 19.1. The van der Waals surface area contributed by atoms with Crippen LogP contribution < -0.4 is 15.4 Å². The molecule has 0 amide bonds. The molecule has 0 fully saturated rings. The Morgan fingerprint density at radius 1 is 0.958 bits per heavy atom. The Kier molecular flexibility index (Phi) is 7.01. The average Bonchev–Trinajstić information content (AvgIpc) is 2.60. The van der Waals surface area contributed by atoms with E-state index in [1.54, 1.807) is 7.05 Å². The lowest BCUT2D eigenvalue weighted by molar-refractivity contribution is 0.322. The van der Waals surface area contributed by atoms with Gasteiger partial charge in [-0.2, -0.15) is 0 Å². The van der Waals surface area contributed by atoms with Gasteiger partial charge in [0.2, 0.25) is 0 Å². The number of halogens is 2. The number of para-hydroxylation sites is 1. The second-order valence-electron chi connectivity index (χ2n) is 5.04. The maximum atomic E-state index is 13.5. The van der Waals surface area contributed by atoms with Crippen LogP contribution in [0.5, 0.6) is 5.75 Å². The zero-order valence-corrected chi connectivity index (χ0v) is 13.6. The van der Waals surface area contributed by atoms with E-state index in [1.807, 2.05) is 30.3 Å². The lowest BCUT2D eigenvalue weighted by atomic mass is 10.1. The van der Waals surface area contributed by atoms with Gasteiger partial charge in [0.05, 0.1) is 6.54 Å². The highest BCUT2D eigenvalue weighted by molar-refractivity contribution is 5.79. The van der Waals surface area contributed by atoms with E-state index in [4.69, 9.17) is 4.74 Å². The van der Waals surface area contributed by atoms with Gasteiger partial charge in [-0.1, -0.05) is 24.3 Å². The molecule has 0 aromatic heterocycles. The van der Waals surface area contributed by atoms with Gasteiger partial charge < -0.3 is 15.4 Å². The Labute approximate surface area is 140 Å². The van der Waals surface area contributed by atoms with Gasteiger partial charge in [0.25, 0.3) is 0 Å². The molecule has 2 rings (SSSR count). The van der Waals surface area contributed by atoms with Crippen molar-refractivity contribution in [2.45, 2.75) is 6.42 Å². The second-order valence-corrected chi connectivity index (χ2v) is 5.04. The van der Waals surface area contributed by atoms with Crippen LogP contribution in [0.1, 0.15) is 5.56 Å². The highest BCUT2D eigenvalue weighted by Gasteiger charge is 2.08. The summed E-state index contributed by atoms with van der Waals surface area (Å²) in [4.78, 5) is 4.06. The normalized spacial score (nSPS) is 11.2. The first-order chi connectivity index (χ1) is 11.7. The smallest absolute Gasteiger partial charge is 0.191 e. The molecule has 0 heterocycles. The summed E-state index contributed by atoms with van der Waals surface area (Å²) in [6.07, 6.45) is 0.236. The number of benzene rings is 2. The minimum Gasteiger partial charge on any atom is -0.492 e. The van der Waals surface area contributed by atoms with Gasteiger partial charge in [0, 0.05) is 19.2 Å². The summed E-state index contributed by atoms with van der Waals surface area (Å²) >= 11 is 0. The lowest BCUT2D eigenvalue weighted by Gasteiger charge is -2.13. The van der Waals surface area contributed by atoms with Crippen molar-refractivity contribution >= 4 is 5.96 Å². The second kappa shape index (κ2) is 9.50. The van der Waals surface area contributed by atoms with Crippen LogP contribution in [0.25, 0.3) is 0 Å². The fourth-order valence-electron chi connectivity index (χ4n) is 2.15. The zero-order valence-electron chi connectivity index (χ0n) is 13.6. The zero-order chi connectivity index (χ0) is 17.2. The minimum absolute atomic E-state index is 0.0767. The van der Waals surface area contributed by atoms with Crippen molar-refractivity contribution in [3.05, 3.63) is 65.7 Å². The average molecular weight is 333 g/mol. The van der Waals surface area contributed by atoms with Crippen molar-refractivity contribution in [3.63, 3.8) is 0 Å². The molecule has 0 radical (unpaired) electrons. The molecule has 0 saturated carbocycles. The predicted octanol–water partition coefficient (Wildman–Crippen LogP) is 2.75. The van der Waals surface area contributed by atoms with Crippen molar-refractivity contribution in [2.75, 3.05) is 26.7 Å². The van der Waals surface area contributed by atoms with Gasteiger partial charge in [-0.15, -0.1) is 0 Å². The molecular formula is C18H21F2N3O. The fraction of sp³-hybridized carbons (Fsp3) is 0.278. The molecule has 2 aromatic carbocycles. The molecule has 0 aliphatic carbocycles. The summed E-state index contributed by atoms with van der Waals surface area (Å²) in [5, 5.41) is 6.10. The maximum absolute atomic E-state index is 13.5. The minimum atomic E-state index is -0.531. The van der Waals surface area contributed by atoms with Crippen LogP contribution in [-0.2, 0) is 6.42 Å². The number of nitrogens with zero attached hydrogens (tertiary/aromatic N) is 1. The number of hydrogen-bond donors (Lipinski definition) is 2. The third kappa shape index (κ3) is 5.53. The first kappa shape index (κ1) is 17.7. The van der Waals surface area contributed by atoms with E-state index < -0.39 is 11.6 Å². The molecule has 2 N–H and O–H groups in total. The molecule has 0 saturated heterocycles. The first-order valence-electron chi connectivity index (χ1n) is 7.76. The highest BCUT2D eigenvalue weighted by Crippen LogP contribution is 2.12. The van der Waals surface area contributed by atoms with Crippen LogP contribution in [0.3, 0.4) is 0 Å². The molecule has 4 nitrogen and oxygen atoms in total. The topological polar surface area (TPSA) is 45.7 Å². The molecule has 0 unspecified atom stereocenters. The van der Waals surface area contributed by atoms with Crippen LogP contribution >= 0.6 is 0 Å². The molecular weight excluding hydrogens is 312 g/mol. The maximum Gasteiger partial charge on any atom is 0.191 e. The van der Waals surface area contributed by atoms with Gasteiger partial charge in [-0.05, 0) is 30.7 Å². The Bertz CT molecular complexity index is 642. The molecule has 0 spiro atoms. The van der Waals surface area contributed by atoms with E-state index in [0.717, 1.165) is 5.75 Å². The van der Waals surface area contributed by atoms with E-state index in [1.165, 1.54) is 18.2 Å².